The molecule has 1 fully saturated rings. The number of hydrogen-bond donors (Lipinski definition) is 2. The Morgan fingerprint density at radius 2 is 2.27 bits per heavy atom. The SMILES string of the molecule is Cc1cnn(Cc2cc(C(=O)NC3(C(=O)O)CCC3)no2)c1. The first-order valence-corrected chi connectivity index (χ1v) is 6.99. The summed E-state index contributed by atoms with van der Waals surface area (Å²) in [6.45, 7) is 2.28. The second-order valence-corrected chi connectivity index (χ2v) is 5.59. The third kappa shape index (κ3) is 2.59. The van der Waals surface area contributed by atoms with E-state index in [9.17, 15) is 14.7 Å². The Hall–Kier alpha value is -2.64. The van der Waals surface area contributed by atoms with Gasteiger partial charge in [-0.2, -0.15) is 5.10 Å². The maximum Gasteiger partial charge on any atom is 0.329 e. The molecule has 3 rings (SSSR count). The molecule has 116 valence electrons. The van der Waals surface area contributed by atoms with Crippen LogP contribution in [0.3, 0.4) is 0 Å². The smallest absolute Gasteiger partial charge is 0.329 e. The fourth-order valence-corrected chi connectivity index (χ4v) is 2.41. The van der Waals surface area contributed by atoms with Crippen LogP contribution in [0.2, 0.25) is 0 Å². The van der Waals surface area contributed by atoms with Gasteiger partial charge < -0.3 is 14.9 Å². The van der Waals surface area contributed by atoms with Crippen LogP contribution in [0, 0.1) is 6.92 Å². The van der Waals surface area contributed by atoms with Crippen molar-refractivity contribution >= 4 is 11.9 Å². The van der Waals surface area contributed by atoms with Crippen LogP contribution in [0.5, 0.6) is 0 Å². The predicted octanol–water partition coefficient (Wildman–Crippen LogP) is 0.965. The first kappa shape index (κ1) is 14.3. The zero-order valence-electron chi connectivity index (χ0n) is 12.1. The van der Waals surface area contributed by atoms with Crippen LogP contribution in [0.1, 0.15) is 41.1 Å². The summed E-state index contributed by atoms with van der Waals surface area (Å²) in [6.07, 6.45) is 5.22. The second-order valence-electron chi connectivity index (χ2n) is 5.59. The van der Waals surface area contributed by atoms with Crippen LogP contribution in [0.4, 0.5) is 0 Å². The highest BCUT2D eigenvalue weighted by molar-refractivity contribution is 5.96. The van der Waals surface area contributed by atoms with Crippen molar-refractivity contribution in [2.45, 2.75) is 38.3 Å². The molecule has 2 aromatic rings. The van der Waals surface area contributed by atoms with E-state index in [-0.39, 0.29) is 5.69 Å². The number of carbonyl (C=O) groups is 2. The third-order valence-electron chi connectivity index (χ3n) is 3.84. The highest BCUT2D eigenvalue weighted by Crippen LogP contribution is 2.32. The van der Waals surface area contributed by atoms with E-state index in [0.717, 1.165) is 12.0 Å². The molecule has 0 bridgehead atoms. The van der Waals surface area contributed by atoms with E-state index in [1.165, 1.54) is 6.07 Å². The largest absolute Gasteiger partial charge is 0.480 e. The van der Waals surface area contributed by atoms with Crippen LogP contribution in [-0.2, 0) is 11.3 Å². The van der Waals surface area contributed by atoms with E-state index < -0.39 is 17.4 Å². The number of hydrogen-bond acceptors (Lipinski definition) is 5. The Bertz CT molecular complexity index is 714. The maximum absolute atomic E-state index is 12.1. The molecule has 1 aliphatic rings. The van der Waals surface area contributed by atoms with E-state index in [2.05, 4.69) is 15.6 Å². The van der Waals surface area contributed by atoms with Gasteiger partial charge in [0.1, 0.15) is 12.1 Å². The molecular formula is C14H16N4O4. The summed E-state index contributed by atoms with van der Waals surface area (Å²) in [5.74, 6) is -1.07. The lowest BCUT2D eigenvalue weighted by molar-refractivity contribution is -0.148. The lowest BCUT2D eigenvalue weighted by atomic mass is 9.76. The molecule has 0 atom stereocenters. The molecule has 1 amide bonds. The van der Waals surface area contributed by atoms with E-state index >= 15 is 0 Å². The van der Waals surface area contributed by atoms with Gasteiger partial charge in [-0.25, -0.2) is 4.79 Å². The van der Waals surface area contributed by atoms with Gasteiger partial charge in [-0.05, 0) is 31.7 Å². The summed E-state index contributed by atoms with van der Waals surface area (Å²) >= 11 is 0. The van der Waals surface area contributed by atoms with Crippen molar-refractivity contribution in [1.29, 1.82) is 0 Å². The van der Waals surface area contributed by atoms with Crippen molar-refractivity contribution in [3.63, 3.8) is 0 Å². The monoisotopic (exact) mass is 304 g/mol. The number of carbonyl (C=O) groups excluding carboxylic acids is 1. The van der Waals surface area contributed by atoms with Gasteiger partial charge in [0, 0.05) is 12.3 Å². The van der Waals surface area contributed by atoms with Crippen LogP contribution in [0.15, 0.2) is 23.0 Å². The zero-order chi connectivity index (χ0) is 15.7. The van der Waals surface area contributed by atoms with Gasteiger partial charge in [0.25, 0.3) is 5.91 Å². The number of aryl methyl sites for hydroxylation is 1. The highest BCUT2D eigenvalue weighted by Gasteiger charge is 2.46. The average molecular weight is 304 g/mol. The zero-order valence-corrected chi connectivity index (χ0v) is 12.1. The molecule has 8 nitrogen and oxygen atoms in total. The van der Waals surface area contributed by atoms with Crippen molar-refractivity contribution < 1.29 is 19.2 Å². The van der Waals surface area contributed by atoms with Gasteiger partial charge in [-0.15, -0.1) is 0 Å². The van der Waals surface area contributed by atoms with Crippen molar-refractivity contribution in [1.82, 2.24) is 20.3 Å². The minimum atomic E-state index is -1.16. The van der Waals surface area contributed by atoms with Gasteiger partial charge in [0.2, 0.25) is 0 Å². The average Bonchev–Trinajstić information content (AvgIpc) is 3.03. The first-order valence-electron chi connectivity index (χ1n) is 6.99. The number of carboxylic acids is 1. The molecule has 0 saturated heterocycles. The van der Waals surface area contributed by atoms with Crippen molar-refractivity contribution in [3.05, 3.63) is 35.5 Å². The Morgan fingerprint density at radius 1 is 1.50 bits per heavy atom. The van der Waals surface area contributed by atoms with E-state index in [0.29, 0.717) is 25.1 Å². The van der Waals surface area contributed by atoms with Gasteiger partial charge >= 0.3 is 5.97 Å². The summed E-state index contributed by atoms with van der Waals surface area (Å²) in [6, 6.07) is 1.50. The summed E-state index contributed by atoms with van der Waals surface area (Å²) < 4.78 is 6.78. The first-order chi connectivity index (χ1) is 10.5. The third-order valence-corrected chi connectivity index (χ3v) is 3.84. The fraction of sp³-hybridized carbons (Fsp3) is 0.429. The summed E-state index contributed by atoms with van der Waals surface area (Å²) in [7, 11) is 0. The van der Waals surface area contributed by atoms with Gasteiger partial charge in [0.15, 0.2) is 11.5 Å². The highest BCUT2D eigenvalue weighted by atomic mass is 16.5. The number of rotatable bonds is 5. The summed E-state index contributed by atoms with van der Waals surface area (Å²) in [4.78, 5) is 23.4. The Morgan fingerprint density at radius 3 is 2.82 bits per heavy atom. The molecule has 0 aliphatic heterocycles. The van der Waals surface area contributed by atoms with Crippen molar-refractivity contribution in [2.24, 2.45) is 0 Å². The van der Waals surface area contributed by atoms with E-state index in [4.69, 9.17) is 4.52 Å². The molecule has 22 heavy (non-hydrogen) atoms. The summed E-state index contributed by atoms with van der Waals surface area (Å²) in [5.41, 5.74) is -0.0628. The molecule has 2 N–H and O–H groups in total. The molecule has 0 unspecified atom stereocenters. The van der Waals surface area contributed by atoms with E-state index in [1.54, 1.807) is 10.9 Å². The molecule has 8 heteroatoms. The number of aliphatic carboxylic acids is 1. The maximum atomic E-state index is 12.1. The second kappa shape index (κ2) is 5.28. The fourth-order valence-electron chi connectivity index (χ4n) is 2.41. The molecule has 1 saturated carbocycles. The lowest BCUT2D eigenvalue weighted by Gasteiger charge is -2.37. The molecule has 1 aliphatic carbocycles. The minimum absolute atomic E-state index is 0.0754. The van der Waals surface area contributed by atoms with Gasteiger partial charge in [-0.1, -0.05) is 5.16 Å². The minimum Gasteiger partial charge on any atom is -0.480 e. The van der Waals surface area contributed by atoms with Gasteiger partial charge in [-0.3, -0.25) is 9.48 Å². The number of amides is 1. The Labute approximate surface area is 126 Å². The molecule has 0 spiro atoms. The quantitative estimate of drug-likeness (QED) is 0.851. The van der Waals surface area contributed by atoms with E-state index in [1.807, 2.05) is 13.1 Å². The number of aromatic nitrogens is 3. The molecular weight excluding hydrogens is 288 g/mol. The Balaban J connectivity index is 1.68. The lowest BCUT2D eigenvalue weighted by Crippen LogP contribution is -2.59. The van der Waals surface area contributed by atoms with Crippen LogP contribution in [-0.4, -0.2) is 37.5 Å². The standard InChI is InChI=1S/C14H16N4O4/c1-9-6-15-18(7-9)8-10-5-11(17-22-10)12(19)16-14(13(20)21)3-2-4-14/h5-7H,2-4,8H2,1H3,(H,16,19)(H,20,21). The normalized spacial score (nSPS) is 16.0. The topological polar surface area (TPSA) is 110 Å². The number of nitrogens with zero attached hydrogens (tertiary/aromatic N) is 3. The van der Waals surface area contributed by atoms with Crippen LogP contribution < -0.4 is 5.32 Å². The molecule has 0 radical (unpaired) electrons. The Kier molecular flexibility index (Phi) is 3.44. The van der Waals surface area contributed by atoms with Crippen molar-refractivity contribution in [2.75, 3.05) is 0 Å². The molecule has 2 aromatic heterocycles. The molecule has 0 aromatic carbocycles. The summed E-state index contributed by atoms with van der Waals surface area (Å²) in [5, 5.41) is 19.6. The molecule has 2 heterocycles. The van der Waals surface area contributed by atoms with Gasteiger partial charge in [0.05, 0.1) is 6.20 Å². The van der Waals surface area contributed by atoms with Crippen molar-refractivity contribution in [3.8, 4) is 0 Å². The predicted molar refractivity (Wildman–Crippen MR) is 74.3 cm³/mol. The van der Waals surface area contributed by atoms with Crippen LogP contribution >= 0.6 is 0 Å². The number of carboxylic acid groups (broad SMARTS) is 1. The van der Waals surface area contributed by atoms with Crippen LogP contribution in [0.25, 0.3) is 0 Å². The number of nitrogens with one attached hydrogen (secondary N) is 1.